The summed E-state index contributed by atoms with van der Waals surface area (Å²) in [5.41, 5.74) is 0. The molecule has 0 saturated carbocycles. The van der Waals surface area contributed by atoms with Gasteiger partial charge in [-0.3, -0.25) is 0 Å². The molecule has 0 radical (unpaired) electrons. The zero-order valence-electron chi connectivity index (χ0n) is 20.8. The molecule has 0 fully saturated rings. The standard InChI is InChI=1S/C23H54N4P/c1-9-17-24(16-8)28(25(18-10-2)19-11-3,26(20-12-4)21-13-5)27(22-14-6)23-15-7/h9-23H2,1-8H3/q+1. The molecular weight excluding hydrogens is 363 g/mol. The lowest BCUT2D eigenvalue weighted by Crippen LogP contribution is -2.54. The van der Waals surface area contributed by atoms with E-state index in [1.807, 2.05) is 0 Å². The third kappa shape index (κ3) is 7.51. The van der Waals surface area contributed by atoms with Gasteiger partial charge in [0.25, 0.3) is 0 Å². The summed E-state index contributed by atoms with van der Waals surface area (Å²) in [7, 11) is -1.72. The molecule has 170 valence electrons. The smallest absolute Gasteiger partial charge is 0.133 e. The third-order valence-electron chi connectivity index (χ3n) is 5.25. The summed E-state index contributed by atoms with van der Waals surface area (Å²) < 4.78 is 11.8. The number of hydrogen-bond acceptors (Lipinski definition) is 4. The van der Waals surface area contributed by atoms with Crippen LogP contribution < -0.4 is 0 Å². The van der Waals surface area contributed by atoms with Crippen LogP contribution in [0.5, 0.6) is 0 Å². The Bertz CT molecular complexity index is 295. The quantitative estimate of drug-likeness (QED) is 0.215. The Balaban J connectivity index is 6.70. The van der Waals surface area contributed by atoms with E-state index in [1.165, 1.54) is 90.8 Å². The summed E-state index contributed by atoms with van der Waals surface area (Å²) in [5, 5.41) is 0. The molecule has 0 aromatic rings. The van der Waals surface area contributed by atoms with Crippen molar-refractivity contribution in [2.75, 3.05) is 52.4 Å². The van der Waals surface area contributed by atoms with E-state index < -0.39 is 7.87 Å². The maximum absolute atomic E-state index is 2.95. The number of nitrogens with zero attached hydrogens (tertiary/aromatic N) is 4. The summed E-state index contributed by atoms with van der Waals surface area (Å²) in [4.78, 5) is 0. The van der Waals surface area contributed by atoms with Crippen molar-refractivity contribution in [1.82, 2.24) is 18.7 Å². The lowest BCUT2D eigenvalue weighted by atomic mass is 10.4. The van der Waals surface area contributed by atoms with Crippen LogP contribution in [0.25, 0.3) is 0 Å². The monoisotopic (exact) mass is 417 g/mol. The van der Waals surface area contributed by atoms with Crippen LogP contribution in [0.4, 0.5) is 0 Å². The van der Waals surface area contributed by atoms with Crippen molar-refractivity contribution in [2.45, 2.75) is 100 Å². The minimum Gasteiger partial charge on any atom is -0.133 e. The van der Waals surface area contributed by atoms with Gasteiger partial charge in [-0.1, -0.05) is 48.5 Å². The summed E-state index contributed by atoms with van der Waals surface area (Å²) in [5.74, 6) is 0. The van der Waals surface area contributed by atoms with Crippen LogP contribution >= 0.6 is 7.87 Å². The van der Waals surface area contributed by atoms with Crippen LogP contribution in [0.3, 0.4) is 0 Å². The molecule has 0 aromatic heterocycles. The molecule has 0 aliphatic carbocycles. The van der Waals surface area contributed by atoms with Gasteiger partial charge in [-0.05, 0) is 51.9 Å². The Labute approximate surface area is 179 Å². The van der Waals surface area contributed by atoms with Gasteiger partial charge in [0.05, 0.1) is 0 Å². The second-order valence-corrected chi connectivity index (χ2v) is 11.3. The molecule has 0 atom stereocenters. The van der Waals surface area contributed by atoms with Crippen molar-refractivity contribution in [1.29, 1.82) is 0 Å². The Morgan fingerprint density at radius 2 is 0.571 bits per heavy atom. The highest BCUT2D eigenvalue weighted by atomic mass is 31.2. The Morgan fingerprint density at radius 1 is 0.357 bits per heavy atom. The fourth-order valence-electron chi connectivity index (χ4n) is 4.50. The van der Waals surface area contributed by atoms with Crippen molar-refractivity contribution >= 4 is 7.87 Å². The van der Waals surface area contributed by atoms with E-state index in [2.05, 4.69) is 74.1 Å². The van der Waals surface area contributed by atoms with Crippen molar-refractivity contribution in [3.05, 3.63) is 0 Å². The lowest BCUT2D eigenvalue weighted by molar-refractivity contribution is 0.235. The van der Waals surface area contributed by atoms with Crippen LogP contribution in [0.1, 0.15) is 100 Å². The van der Waals surface area contributed by atoms with Crippen molar-refractivity contribution in [3.8, 4) is 0 Å². The molecule has 4 nitrogen and oxygen atoms in total. The molecule has 0 N–H and O–H groups in total. The van der Waals surface area contributed by atoms with Gasteiger partial charge < -0.3 is 0 Å². The molecule has 0 spiro atoms. The summed E-state index contributed by atoms with van der Waals surface area (Å²) in [6.07, 6.45) is 8.67. The zero-order valence-corrected chi connectivity index (χ0v) is 21.7. The second kappa shape index (κ2) is 17.0. The molecule has 0 saturated heterocycles. The Kier molecular flexibility index (Phi) is 17.2. The average Bonchev–Trinajstić information content (AvgIpc) is 2.68. The Morgan fingerprint density at radius 3 is 0.750 bits per heavy atom. The minimum absolute atomic E-state index is 1.15. The highest BCUT2D eigenvalue weighted by Crippen LogP contribution is 2.70. The van der Waals surface area contributed by atoms with Gasteiger partial charge in [0.15, 0.2) is 0 Å². The average molecular weight is 418 g/mol. The fourth-order valence-corrected chi connectivity index (χ4v) is 10.3. The third-order valence-corrected chi connectivity index (χ3v) is 9.97. The van der Waals surface area contributed by atoms with E-state index in [1.54, 1.807) is 0 Å². The normalized spacial score (nSPS) is 12.9. The zero-order chi connectivity index (χ0) is 21.4. The van der Waals surface area contributed by atoms with Gasteiger partial charge in [0, 0.05) is 52.4 Å². The maximum Gasteiger partial charge on any atom is 0.308 e. The molecule has 0 aliphatic rings. The highest BCUT2D eigenvalue weighted by Gasteiger charge is 2.59. The van der Waals surface area contributed by atoms with Gasteiger partial charge in [0.1, 0.15) is 0 Å². The molecule has 5 heteroatoms. The number of rotatable bonds is 19. The van der Waals surface area contributed by atoms with E-state index in [4.69, 9.17) is 0 Å². The first kappa shape index (κ1) is 28.3. The first-order chi connectivity index (χ1) is 13.6. The van der Waals surface area contributed by atoms with E-state index in [0.29, 0.717) is 0 Å². The van der Waals surface area contributed by atoms with Crippen LogP contribution in [-0.4, -0.2) is 71.0 Å². The molecule has 0 aliphatic heterocycles. The fraction of sp³-hybridized carbons (Fsp3) is 1.00. The maximum atomic E-state index is 2.95. The van der Waals surface area contributed by atoms with Crippen molar-refractivity contribution < 1.29 is 0 Å². The predicted octanol–water partition coefficient (Wildman–Crippen LogP) is 6.76. The van der Waals surface area contributed by atoms with E-state index in [-0.39, 0.29) is 0 Å². The first-order valence-electron chi connectivity index (χ1n) is 12.5. The Hall–Kier alpha value is 0.270. The SMILES string of the molecule is CCCN(CC)[P+](N(CCC)CCC)(N(CCC)CCC)N(CCC)CCC. The second-order valence-electron chi connectivity index (χ2n) is 7.94. The molecule has 0 heterocycles. The lowest BCUT2D eigenvalue weighted by Gasteiger charge is -2.51. The largest absolute Gasteiger partial charge is 0.308 e. The molecule has 0 aromatic carbocycles. The molecule has 0 rings (SSSR count). The summed E-state index contributed by atoms with van der Waals surface area (Å²) in [6.45, 7) is 28.6. The van der Waals surface area contributed by atoms with E-state index in [9.17, 15) is 0 Å². The van der Waals surface area contributed by atoms with E-state index >= 15 is 0 Å². The van der Waals surface area contributed by atoms with Gasteiger partial charge in [-0.25, -0.2) is 0 Å². The molecular formula is C23H54N4P+. The van der Waals surface area contributed by atoms with Crippen molar-refractivity contribution in [3.63, 3.8) is 0 Å². The van der Waals surface area contributed by atoms with E-state index in [0.717, 1.165) is 6.54 Å². The molecule has 0 bridgehead atoms. The predicted molar refractivity (Wildman–Crippen MR) is 131 cm³/mol. The van der Waals surface area contributed by atoms with Crippen LogP contribution in [0.15, 0.2) is 0 Å². The summed E-state index contributed by atoms with van der Waals surface area (Å²) in [6, 6.07) is 0. The van der Waals surface area contributed by atoms with Gasteiger partial charge in [0.2, 0.25) is 0 Å². The minimum atomic E-state index is -1.72. The molecule has 28 heavy (non-hydrogen) atoms. The molecule has 0 amide bonds. The highest BCUT2D eigenvalue weighted by molar-refractivity contribution is 7.66. The topological polar surface area (TPSA) is 13.0 Å². The van der Waals surface area contributed by atoms with Crippen LogP contribution in [-0.2, 0) is 0 Å². The van der Waals surface area contributed by atoms with Gasteiger partial charge in [-0.15, -0.1) is 18.7 Å². The van der Waals surface area contributed by atoms with Crippen molar-refractivity contribution in [2.24, 2.45) is 0 Å². The van der Waals surface area contributed by atoms with Gasteiger partial charge in [-0.2, -0.15) is 0 Å². The first-order valence-corrected chi connectivity index (χ1v) is 14.1. The van der Waals surface area contributed by atoms with Crippen LogP contribution in [0.2, 0.25) is 0 Å². The summed E-state index contributed by atoms with van der Waals surface area (Å²) >= 11 is 0. The number of hydrogen-bond donors (Lipinski definition) is 0. The molecule has 0 unspecified atom stereocenters. The van der Waals surface area contributed by atoms with Crippen LogP contribution in [0, 0.1) is 0 Å². The van der Waals surface area contributed by atoms with Gasteiger partial charge >= 0.3 is 7.87 Å².